The van der Waals surface area contributed by atoms with Crippen LogP contribution >= 0.6 is 22.6 Å². The lowest BCUT2D eigenvalue weighted by Gasteiger charge is -2.42. The summed E-state index contributed by atoms with van der Waals surface area (Å²) in [4.78, 5) is 0. The van der Waals surface area contributed by atoms with Crippen molar-refractivity contribution in [2.24, 2.45) is 17.3 Å². The second-order valence-corrected chi connectivity index (χ2v) is 8.13. The molecule has 0 aromatic heterocycles. The number of aliphatic hydroxyl groups is 1. The first-order valence-corrected chi connectivity index (χ1v) is 8.39. The molecule has 1 nitrogen and oxygen atoms in total. The third-order valence-electron chi connectivity index (χ3n) is 4.66. The van der Waals surface area contributed by atoms with Gasteiger partial charge in [0.05, 0.1) is 6.10 Å². The van der Waals surface area contributed by atoms with Crippen LogP contribution in [-0.2, 0) is 6.42 Å². The van der Waals surface area contributed by atoms with Gasteiger partial charge in [-0.1, -0.05) is 39.3 Å². The van der Waals surface area contributed by atoms with Crippen molar-refractivity contribution in [1.29, 1.82) is 0 Å². The van der Waals surface area contributed by atoms with Crippen molar-refractivity contribution in [3.05, 3.63) is 33.4 Å². The van der Waals surface area contributed by atoms with Gasteiger partial charge in [0.2, 0.25) is 0 Å². The Labute approximate surface area is 130 Å². The molecule has 2 heteroatoms. The van der Waals surface area contributed by atoms with Crippen LogP contribution in [-0.4, -0.2) is 11.2 Å². The van der Waals surface area contributed by atoms with Gasteiger partial charge in [-0.05, 0) is 76.8 Å². The first kappa shape index (κ1) is 15.3. The lowest BCUT2D eigenvalue weighted by atomic mass is 9.65. The summed E-state index contributed by atoms with van der Waals surface area (Å²) in [5, 5.41) is 10.4. The molecule has 1 fully saturated rings. The van der Waals surface area contributed by atoms with Crippen LogP contribution in [0.2, 0.25) is 0 Å². The minimum Gasteiger partial charge on any atom is -0.393 e. The van der Waals surface area contributed by atoms with Gasteiger partial charge >= 0.3 is 0 Å². The molecular formula is C17H25IO. The summed E-state index contributed by atoms with van der Waals surface area (Å²) >= 11 is 2.34. The Balaban J connectivity index is 2.07. The van der Waals surface area contributed by atoms with Gasteiger partial charge in [-0.25, -0.2) is 0 Å². The van der Waals surface area contributed by atoms with Crippen LogP contribution in [0.15, 0.2) is 24.3 Å². The second kappa shape index (κ2) is 6.13. The SMILES string of the molecule is CC1CCC(C(C)(C)Cc2ccc(I)cc2)C(O)C1. The molecule has 0 heterocycles. The number of benzene rings is 1. The lowest BCUT2D eigenvalue weighted by Crippen LogP contribution is -2.39. The van der Waals surface area contributed by atoms with Gasteiger partial charge in [-0.3, -0.25) is 0 Å². The predicted molar refractivity (Wildman–Crippen MR) is 89.2 cm³/mol. The van der Waals surface area contributed by atoms with Gasteiger partial charge in [0, 0.05) is 3.57 Å². The zero-order valence-corrected chi connectivity index (χ0v) is 14.4. The van der Waals surface area contributed by atoms with Gasteiger partial charge in [0.15, 0.2) is 0 Å². The van der Waals surface area contributed by atoms with Crippen LogP contribution < -0.4 is 0 Å². The van der Waals surface area contributed by atoms with E-state index in [9.17, 15) is 5.11 Å². The molecule has 3 unspecified atom stereocenters. The molecule has 0 spiro atoms. The summed E-state index contributed by atoms with van der Waals surface area (Å²) in [7, 11) is 0. The van der Waals surface area contributed by atoms with E-state index in [4.69, 9.17) is 0 Å². The molecule has 0 radical (unpaired) electrons. The Morgan fingerprint density at radius 1 is 1.21 bits per heavy atom. The molecule has 0 bridgehead atoms. The average Bonchev–Trinajstić information content (AvgIpc) is 2.31. The number of hydrogen-bond donors (Lipinski definition) is 1. The van der Waals surface area contributed by atoms with Gasteiger partial charge < -0.3 is 5.11 Å². The minimum atomic E-state index is -0.123. The van der Waals surface area contributed by atoms with Crippen molar-refractivity contribution >= 4 is 22.6 Å². The van der Waals surface area contributed by atoms with Crippen molar-refractivity contribution in [3.8, 4) is 0 Å². The Morgan fingerprint density at radius 3 is 2.42 bits per heavy atom. The molecule has 0 saturated heterocycles. The molecule has 1 saturated carbocycles. The van der Waals surface area contributed by atoms with Crippen molar-refractivity contribution in [1.82, 2.24) is 0 Å². The Hall–Kier alpha value is -0.0900. The van der Waals surface area contributed by atoms with E-state index in [0.29, 0.717) is 11.8 Å². The maximum atomic E-state index is 10.4. The highest BCUT2D eigenvalue weighted by molar-refractivity contribution is 14.1. The standard InChI is InChI=1S/C17H25IO/c1-12-4-9-15(16(19)10-12)17(2,3)11-13-5-7-14(18)8-6-13/h5-8,12,15-16,19H,4,9-11H2,1-3H3. The summed E-state index contributed by atoms with van der Waals surface area (Å²) in [6.07, 6.45) is 4.33. The average molecular weight is 372 g/mol. The van der Waals surface area contributed by atoms with E-state index >= 15 is 0 Å². The van der Waals surface area contributed by atoms with Crippen LogP contribution in [0.4, 0.5) is 0 Å². The van der Waals surface area contributed by atoms with Gasteiger partial charge in [-0.2, -0.15) is 0 Å². The number of hydrogen-bond acceptors (Lipinski definition) is 1. The topological polar surface area (TPSA) is 20.2 Å². The number of halogens is 1. The van der Waals surface area contributed by atoms with Crippen molar-refractivity contribution in [3.63, 3.8) is 0 Å². The molecule has 1 N–H and O–H groups in total. The molecule has 2 rings (SSSR count). The molecule has 3 atom stereocenters. The van der Waals surface area contributed by atoms with Gasteiger partial charge in [0.1, 0.15) is 0 Å². The highest BCUT2D eigenvalue weighted by atomic mass is 127. The normalized spacial score (nSPS) is 28.4. The van der Waals surface area contributed by atoms with Crippen LogP contribution in [0.5, 0.6) is 0 Å². The fourth-order valence-corrected chi connectivity index (χ4v) is 3.88. The third kappa shape index (κ3) is 3.94. The molecule has 1 aliphatic rings. The van der Waals surface area contributed by atoms with Crippen LogP contribution in [0.1, 0.15) is 45.6 Å². The van der Waals surface area contributed by atoms with Crippen LogP contribution in [0.25, 0.3) is 0 Å². The first-order valence-electron chi connectivity index (χ1n) is 7.31. The molecule has 1 aliphatic carbocycles. The van der Waals surface area contributed by atoms with Gasteiger partial charge in [0.25, 0.3) is 0 Å². The molecule has 0 amide bonds. The smallest absolute Gasteiger partial charge is 0.0576 e. The summed E-state index contributed by atoms with van der Waals surface area (Å²) in [6, 6.07) is 8.79. The third-order valence-corrected chi connectivity index (χ3v) is 5.37. The summed E-state index contributed by atoms with van der Waals surface area (Å²) in [6.45, 7) is 6.88. The molecule has 1 aromatic carbocycles. The Morgan fingerprint density at radius 2 is 1.84 bits per heavy atom. The molecule has 0 aliphatic heterocycles. The molecule has 1 aromatic rings. The van der Waals surface area contributed by atoms with Crippen molar-refractivity contribution in [2.75, 3.05) is 0 Å². The number of rotatable bonds is 3. The highest BCUT2D eigenvalue weighted by Gasteiger charge is 2.38. The van der Waals surface area contributed by atoms with E-state index < -0.39 is 0 Å². The number of aliphatic hydroxyl groups excluding tert-OH is 1. The minimum absolute atomic E-state index is 0.123. The summed E-state index contributed by atoms with van der Waals surface area (Å²) in [5.74, 6) is 1.11. The van der Waals surface area contributed by atoms with E-state index in [1.165, 1.54) is 22.0 Å². The van der Waals surface area contributed by atoms with E-state index in [1.54, 1.807) is 0 Å². The Kier molecular flexibility index (Phi) is 4.93. The molecular weight excluding hydrogens is 347 g/mol. The van der Waals surface area contributed by atoms with E-state index in [-0.39, 0.29) is 11.5 Å². The monoisotopic (exact) mass is 372 g/mol. The van der Waals surface area contributed by atoms with E-state index in [1.807, 2.05) is 0 Å². The van der Waals surface area contributed by atoms with Crippen molar-refractivity contribution < 1.29 is 5.11 Å². The zero-order chi connectivity index (χ0) is 14.0. The van der Waals surface area contributed by atoms with E-state index in [2.05, 4.69) is 67.6 Å². The quantitative estimate of drug-likeness (QED) is 0.766. The first-order chi connectivity index (χ1) is 8.88. The van der Waals surface area contributed by atoms with Gasteiger partial charge in [-0.15, -0.1) is 0 Å². The van der Waals surface area contributed by atoms with Crippen molar-refractivity contribution in [2.45, 2.75) is 52.6 Å². The van der Waals surface area contributed by atoms with Crippen LogP contribution in [0.3, 0.4) is 0 Å². The summed E-state index contributed by atoms with van der Waals surface area (Å²) in [5.41, 5.74) is 1.56. The maximum Gasteiger partial charge on any atom is 0.0576 e. The largest absolute Gasteiger partial charge is 0.393 e. The Bertz CT molecular complexity index is 410. The van der Waals surface area contributed by atoms with E-state index in [0.717, 1.165) is 12.8 Å². The fraction of sp³-hybridized carbons (Fsp3) is 0.647. The maximum absolute atomic E-state index is 10.4. The lowest BCUT2D eigenvalue weighted by molar-refractivity contribution is -0.0125. The fourth-order valence-electron chi connectivity index (χ4n) is 3.52. The predicted octanol–water partition coefficient (Wildman–Crippen LogP) is 4.66. The second-order valence-electron chi connectivity index (χ2n) is 6.88. The summed E-state index contributed by atoms with van der Waals surface area (Å²) < 4.78 is 1.28. The molecule has 106 valence electrons. The zero-order valence-electron chi connectivity index (χ0n) is 12.2. The van der Waals surface area contributed by atoms with Crippen LogP contribution in [0, 0.1) is 20.8 Å². The highest BCUT2D eigenvalue weighted by Crippen LogP contribution is 2.42. The molecule has 19 heavy (non-hydrogen) atoms.